The second kappa shape index (κ2) is 14.1. The number of nitrogens with one attached hydrogen (secondary N) is 3. The molecule has 0 radical (unpaired) electrons. The molecule has 0 spiro atoms. The summed E-state index contributed by atoms with van der Waals surface area (Å²) >= 11 is 4.87. The van der Waals surface area contributed by atoms with Crippen molar-refractivity contribution in [3.63, 3.8) is 0 Å². The summed E-state index contributed by atoms with van der Waals surface area (Å²) in [5, 5.41) is 14.9. The largest absolute Gasteiger partial charge is 0.357 e. The zero-order valence-corrected chi connectivity index (χ0v) is 22.0. The second-order valence-electron chi connectivity index (χ2n) is 8.45. The van der Waals surface area contributed by atoms with E-state index in [0.29, 0.717) is 12.8 Å². The van der Waals surface area contributed by atoms with Crippen LogP contribution in [-0.4, -0.2) is 41.8 Å². The Morgan fingerprint density at radius 2 is 1.68 bits per heavy atom. The molecule has 3 amide bonds. The zero-order valence-electron chi connectivity index (χ0n) is 19.6. The van der Waals surface area contributed by atoms with Gasteiger partial charge >= 0.3 is 0 Å². The van der Waals surface area contributed by atoms with Crippen LogP contribution in [0.5, 0.6) is 0 Å². The van der Waals surface area contributed by atoms with Gasteiger partial charge in [0.2, 0.25) is 17.7 Å². The van der Waals surface area contributed by atoms with E-state index >= 15 is 0 Å². The molecule has 0 bridgehead atoms. The number of rotatable bonds is 12. The average Bonchev–Trinajstić information content (AvgIpc) is 2.82. The average molecular weight is 551 g/mol. The Bertz CT molecular complexity index is 958. The van der Waals surface area contributed by atoms with E-state index in [0.717, 1.165) is 14.9 Å². The van der Waals surface area contributed by atoms with Crippen LogP contribution in [0.1, 0.15) is 25.8 Å². The Morgan fingerprint density at radius 3 is 2.26 bits per heavy atom. The third-order valence-corrected chi connectivity index (χ3v) is 6.99. The van der Waals surface area contributed by atoms with E-state index in [1.807, 2.05) is 68.4 Å². The maximum atomic E-state index is 13.5. The summed E-state index contributed by atoms with van der Waals surface area (Å²) in [5.41, 5.74) is 2.64. The first-order chi connectivity index (χ1) is 16.2. The first-order valence-electron chi connectivity index (χ1n) is 11.1. The monoisotopic (exact) mass is 549 g/mol. The molecule has 0 aliphatic carbocycles. The second-order valence-corrected chi connectivity index (χ2v) is 10.5. The van der Waals surface area contributed by atoms with Gasteiger partial charge in [-0.2, -0.15) is 0 Å². The van der Waals surface area contributed by atoms with E-state index in [-0.39, 0.29) is 23.5 Å². The highest BCUT2D eigenvalue weighted by Crippen LogP contribution is 2.30. The lowest BCUT2D eigenvalue weighted by molar-refractivity contribution is -0.140. The van der Waals surface area contributed by atoms with Crippen LogP contribution < -0.4 is 16.1 Å². The lowest BCUT2D eigenvalue weighted by Crippen LogP contribution is -2.51. The standard InChI is InChI=1S/C25H32BrN3O4S/c1-16(2)12-20(21(24(31)29-33)15-34-19-11-7-10-18(26)14-19)23(30)28-22(25(32)27-3)13-17-8-5-4-6-9-17/h4-11,14,16,20-22,33H,12-13,15H2,1-3H3,(H,27,32)(H,28,30)(H,29,31)/t20-,21+,22+/m1/s1. The van der Waals surface area contributed by atoms with E-state index in [2.05, 4.69) is 26.6 Å². The number of hydrogen-bond donors (Lipinski definition) is 4. The molecule has 0 heterocycles. The normalized spacial score (nSPS) is 13.6. The van der Waals surface area contributed by atoms with Gasteiger partial charge in [0, 0.05) is 28.6 Å². The molecule has 0 aromatic heterocycles. The molecule has 0 fully saturated rings. The molecule has 0 aliphatic rings. The van der Waals surface area contributed by atoms with Gasteiger partial charge in [0.25, 0.3) is 0 Å². The van der Waals surface area contributed by atoms with Gasteiger partial charge < -0.3 is 10.6 Å². The Morgan fingerprint density at radius 1 is 0.971 bits per heavy atom. The van der Waals surface area contributed by atoms with E-state index in [1.54, 1.807) is 5.48 Å². The van der Waals surface area contributed by atoms with Gasteiger partial charge in [0.1, 0.15) is 6.04 Å². The fourth-order valence-electron chi connectivity index (χ4n) is 3.67. The number of carbonyl (C=O) groups is 3. The lowest BCUT2D eigenvalue weighted by atomic mass is 9.84. The van der Waals surface area contributed by atoms with Crippen molar-refractivity contribution in [2.45, 2.75) is 37.6 Å². The quantitative estimate of drug-likeness (QED) is 0.183. The van der Waals surface area contributed by atoms with Crippen molar-refractivity contribution >= 4 is 45.4 Å². The van der Waals surface area contributed by atoms with Gasteiger partial charge in [-0.1, -0.05) is 66.2 Å². The topological polar surface area (TPSA) is 108 Å². The summed E-state index contributed by atoms with van der Waals surface area (Å²) in [7, 11) is 1.52. The molecule has 34 heavy (non-hydrogen) atoms. The third kappa shape index (κ3) is 8.77. The number of halogens is 1. The van der Waals surface area contributed by atoms with Gasteiger partial charge in [0.05, 0.1) is 11.8 Å². The minimum absolute atomic E-state index is 0.119. The van der Waals surface area contributed by atoms with Crippen molar-refractivity contribution in [2.75, 3.05) is 12.8 Å². The number of amides is 3. The first-order valence-corrected chi connectivity index (χ1v) is 12.9. The SMILES string of the molecule is CNC(=O)[C@H](Cc1ccccc1)NC(=O)[C@H](CC(C)C)[C@H](CSc1cccc(Br)c1)C(=O)NO. The molecule has 2 aromatic carbocycles. The molecular formula is C25H32BrN3O4S. The van der Waals surface area contributed by atoms with Crippen LogP contribution in [0.4, 0.5) is 0 Å². The Hall–Kier alpha value is -2.36. The molecule has 2 rings (SSSR count). The van der Waals surface area contributed by atoms with Crippen LogP contribution in [0, 0.1) is 17.8 Å². The molecule has 0 saturated heterocycles. The smallest absolute Gasteiger partial charge is 0.248 e. The highest BCUT2D eigenvalue weighted by molar-refractivity contribution is 9.10. The Balaban J connectivity index is 2.25. The van der Waals surface area contributed by atoms with Crippen molar-refractivity contribution in [3.8, 4) is 0 Å². The molecule has 0 saturated carbocycles. The maximum absolute atomic E-state index is 13.5. The number of thioether (sulfide) groups is 1. The summed E-state index contributed by atoms with van der Waals surface area (Å²) < 4.78 is 0.909. The van der Waals surface area contributed by atoms with Crippen LogP contribution in [0.15, 0.2) is 64.0 Å². The molecule has 2 aromatic rings. The van der Waals surface area contributed by atoms with Gasteiger partial charge in [0.15, 0.2) is 0 Å². The molecule has 184 valence electrons. The van der Waals surface area contributed by atoms with Crippen LogP contribution in [0.2, 0.25) is 0 Å². The van der Waals surface area contributed by atoms with Crippen molar-refractivity contribution in [3.05, 3.63) is 64.6 Å². The molecule has 0 unspecified atom stereocenters. The van der Waals surface area contributed by atoms with Crippen molar-refractivity contribution in [1.82, 2.24) is 16.1 Å². The first kappa shape index (κ1) is 27.9. The lowest BCUT2D eigenvalue weighted by Gasteiger charge is -2.28. The number of hydroxylamine groups is 1. The van der Waals surface area contributed by atoms with Crippen molar-refractivity contribution in [2.24, 2.45) is 17.8 Å². The summed E-state index contributed by atoms with van der Waals surface area (Å²) in [6.45, 7) is 3.94. The molecule has 7 nitrogen and oxygen atoms in total. The Labute approximate surface area is 213 Å². The fourth-order valence-corrected chi connectivity index (χ4v) is 5.37. The summed E-state index contributed by atoms with van der Waals surface area (Å²) in [5.74, 6) is -2.44. The minimum atomic E-state index is -0.793. The summed E-state index contributed by atoms with van der Waals surface area (Å²) in [6.07, 6.45) is 0.749. The third-order valence-electron chi connectivity index (χ3n) is 5.38. The van der Waals surface area contributed by atoms with Crippen LogP contribution >= 0.6 is 27.7 Å². The van der Waals surface area contributed by atoms with E-state index < -0.39 is 23.8 Å². The highest BCUT2D eigenvalue weighted by Gasteiger charge is 2.36. The molecule has 0 aliphatic heterocycles. The van der Waals surface area contributed by atoms with Crippen molar-refractivity contribution < 1.29 is 19.6 Å². The van der Waals surface area contributed by atoms with E-state index in [1.165, 1.54) is 18.8 Å². The Kier molecular flexibility index (Phi) is 11.6. The molecule has 9 heteroatoms. The van der Waals surface area contributed by atoms with Crippen molar-refractivity contribution in [1.29, 1.82) is 0 Å². The van der Waals surface area contributed by atoms with Crippen LogP contribution in [0.3, 0.4) is 0 Å². The predicted octanol–water partition coefficient (Wildman–Crippen LogP) is 3.80. The maximum Gasteiger partial charge on any atom is 0.248 e. The van der Waals surface area contributed by atoms with Gasteiger partial charge in [-0.15, -0.1) is 11.8 Å². The van der Waals surface area contributed by atoms with Crippen LogP contribution in [-0.2, 0) is 20.8 Å². The van der Waals surface area contributed by atoms with E-state index in [4.69, 9.17) is 0 Å². The van der Waals surface area contributed by atoms with Gasteiger partial charge in [-0.3, -0.25) is 19.6 Å². The number of hydrogen-bond acceptors (Lipinski definition) is 5. The molecule has 3 atom stereocenters. The summed E-state index contributed by atoms with van der Waals surface area (Å²) in [4.78, 5) is 39.6. The van der Waals surface area contributed by atoms with Gasteiger partial charge in [-0.25, -0.2) is 5.48 Å². The fraction of sp³-hybridized carbons (Fsp3) is 0.400. The molecule has 4 N–H and O–H groups in total. The van der Waals surface area contributed by atoms with E-state index in [9.17, 15) is 19.6 Å². The van der Waals surface area contributed by atoms with Crippen LogP contribution in [0.25, 0.3) is 0 Å². The highest BCUT2D eigenvalue weighted by atomic mass is 79.9. The zero-order chi connectivity index (χ0) is 25.1. The summed E-state index contributed by atoms with van der Waals surface area (Å²) in [6, 6.07) is 16.3. The predicted molar refractivity (Wildman–Crippen MR) is 137 cm³/mol. The molecular weight excluding hydrogens is 518 g/mol. The number of likely N-dealkylation sites (N-methyl/N-ethyl adjacent to an activating group) is 1. The number of benzene rings is 2. The number of carbonyl (C=O) groups excluding carboxylic acids is 3. The van der Waals surface area contributed by atoms with Gasteiger partial charge in [-0.05, 0) is 36.1 Å². The minimum Gasteiger partial charge on any atom is -0.357 e.